The predicted molar refractivity (Wildman–Crippen MR) is 102 cm³/mol. The van der Waals surface area contributed by atoms with E-state index in [-0.39, 0.29) is 6.03 Å². The van der Waals surface area contributed by atoms with Gasteiger partial charge < -0.3 is 10.1 Å². The van der Waals surface area contributed by atoms with Crippen molar-refractivity contribution in [1.82, 2.24) is 4.31 Å². The first-order valence-corrected chi connectivity index (χ1v) is 8.55. The molecule has 4 nitrogen and oxygen atoms in total. The number of aryl methyl sites for hydroxylation is 1. The van der Waals surface area contributed by atoms with E-state index >= 15 is 0 Å². The van der Waals surface area contributed by atoms with Gasteiger partial charge in [-0.1, -0.05) is 49.2 Å². The van der Waals surface area contributed by atoms with E-state index < -0.39 is 0 Å². The first-order chi connectivity index (χ1) is 11.6. The molecule has 0 spiro atoms. The summed E-state index contributed by atoms with van der Waals surface area (Å²) in [5.41, 5.74) is 2.08. The van der Waals surface area contributed by atoms with Crippen molar-refractivity contribution in [3.63, 3.8) is 0 Å². The molecule has 0 saturated heterocycles. The number of amides is 2. The standard InChI is InChI=1S/C19H24N2O2S/c1-21(24)19(22)20-17-12-8-13-18(15-17)23-14-7-3-6-11-16-9-4-2-5-10-16/h2,4-5,8-10,12-13,15,24H,3,6-7,11,14H2,1H3,(H,20,22). The summed E-state index contributed by atoms with van der Waals surface area (Å²) in [5, 5.41) is 2.74. The summed E-state index contributed by atoms with van der Waals surface area (Å²) in [7, 11) is 1.58. The number of hydrogen-bond donors (Lipinski definition) is 2. The lowest BCUT2D eigenvalue weighted by Gasteiger charge is -2.12. The Labute approximate surface area is 149 Å². The van der Waals surface area contributed by atoms with Gasteiger partial charge in [-0.2, -0.15) is 0 Å². The molecule has 0 fully saturated rings. The number of nitrogens with zero attached hydrogens (tertiary/aromatic N) is 1. The molecule has 2 amide bonds. The molecular formula is C19H24N2O2S. The zero-order valence-electron chi connectivity index (χ0n) is 13.9. The molecule has 1 N–H and O–H groups in total. The number of urea groups is 1. The zero-order chi connectivity index (χ0) is 17.2. The fourth-order valence-electron chi connectivity index (χ4n) is 2.31. The van der Waals surface area contributed by atoms with E-state index in [0.717, 1.165) is 31.4 Å². The van der Waals surface area contributed by atoms with Gasteiger partial charge in [0.25, 0.3) is 0 Å². The summed E-state index contributed by atoms with van der Waals surface area (Å²) in [5.74, 6) is 0.762. The third kappa shape index (κ3) is 6.54. The molecule has 128 valence electrons. The number of thiol groups is 1. The number of benzene rings is 2. The quantitative estimate of drug-likeness (QED) is 0.534. The van der Waals surface area contributed by atoms with Crippen LogP contribution < -0.4 is 10.1 Å². The minimum Gasteiger partial charge on any atom is -0.494 e. The molecule has 2 aromatic carbocycles. The minimum absolute atomic E-state index is 0.281. The second-order valence-corrected chi connectivity index (χ2v) is 6.23. The number of ether oxygens (including phenoxy) is 1. The summed E-state index contributed by atoms with van der Waals surface area (Å²) < 4.78 is 6.95. The average Bonchev–Trinajstić information content (AvgIpc) is 2.59. The fourth-order valence-corrected chi connectivity index (χ4v) is 2.36. The van der Waals surface area contributed by atoms with Crippen LogP contribution in [0.3, 0.4) is 0 Å². The molecule has 2 aromatic rings. The van der Waals surface area contributed by atoms with Crippen LogP contribution in [-0.2, 0) is 6.42 Å². The molecule has 0 aliphatic carbocycles. The van der Waals surface area contributed by atoms with Gasteiger partial charge in [0.05, 0.1) is 6.61 Å². The van der Waals surface area contributed by atoms with E-state index in [1.165, 1.54) is 9.87 Å². The van der Waals surface area contributed by atoms with Crippen LogP contribution in [0.1, 0.15) is 24.8 Å². The van der Waals surface area contributed by atoms with E-state index in [1.807, 2.05) is 30.3 Å². The molecule has 24 heavy (non-hydrogen) atoms. The van der Waals surface area contributed by atoms with Gasteiger partial charge >= 0.3 is 6.03 Å². The molecule has 5 heteroatoms. The molecule has 0 aliphatic rings. The highest BCUT2D eigenvalue weighted by Crippen LogP contribution is 2.18. The van der Waals surface area contributed by atoms with E-state index in [1.54, 1.807) is 7.05 Å². The molecule has 0 bridgehead atoms. The molecular weight excluding hydrogens is 320 g/mol. The monoisotopic (exact) mass is 344 g/mol. The van der Waals surface area contributed by atoms with Crippen molar-refractivity contribution in [2.45, 2.75) is 25.7 Å². The van der Waals surface area contributed by atoms with Crippen LogP contribution >= 0.6 is 12.8 Å². The fraction of sp³-hybridized carbons (Fsp3) is 0.316. The summed E-state index contributed by atoms with van der Waals surface area (Å²) in [4.78, 5) is 11.6. The second-order valence-electron chi connectivity index (χ2n) is 5.63. The van der Waals surface area contributed by atoms with Crippen molar-refractivity contribution in [3.05, 3.63) is 60.2 Å². The van der Waals surface area contributed by atoms with Crippen LogP contribution in [0.25, 0.3) is 0 Å². The highest BCUT2D eigenvalue weighted by atomic mass is 32.1. The van der Waals surface area contributed by atoms with Crippen LogP contribution in [0, 0.1) is 0 Å². The van der Waals surface area contributed by atoms with E-state index in [9.17, 15) is 4.79 Å². The smallest absolute Gasteiger partial charge is 0.331 e. The molecule has 0 unspecified atom stereocenters. The third-order valence-electron chi connectivity index (χ3n) is 3.60. The van der Waals surface area contributed by atoms with Crippen molar-refractivity contribution >= 4 is 24.5 Å². The molecule has 0 heterocycles. The van der Waals surface area contributed by atoms with Crippen LogP contribution in [0.4, 0.5) is 10.5 Å². The Morgan fingerprint density at radius 2 is 1.88 bits per heavy atom. The topological polar surface area (TPSA) is 41.6 Å². The number of carbonyl (C=O) groups is 1. The highest BCUT2D eigenvalue weighted by Gasteiger charge is 2.05. The Kier molecular flexibility index (Phi) is 7.49. The summed E-state index contributed by atoms with van der Waals surface area (Å²) in [6.45, 7) is 0.679. The van der Waals surface area contributed by atoms with Crippen LogP contribution in [0.2, 0.25) is 0 Å². The largest absolute Gasteiger partial charge is 0.494 e. The molecule has 0 radical (unpaired) electrons. The van der Waals surface area contributed by atoms with E-state index in [4.69, 9.17) is 4.74 Å². The highest BCUT2D eigenvalue weighted by molar-refractivity contribution is 7.78. The van der Waals surface area contributed by atoms with Crippen LogP contribution in [0.15, 0.2) is 54.6 Å². The SMILES string of the molecule is CN(S)C(=O)Nc1cccc(OCCCCCc2ccccc2)c1. The average molecular weight is 344 g/mol. The number of carbonyl (C=O) groups excluding carboxylic acids is 1. The Morgan fingerprint density at radius 1 is 1.08 bits per heavy atom. The van der Waals surface area contributed by atoms with E-state index in [2.05, 4.69) is 42.4 Å². The van der Waals surface area contributed by atoms with Crippen LogP contribution in [0.5, 0.6) is 5.75 Å². The van der Waals surface area contributed by atoms with Gasteiger partial charge in [0, 0.05) is 18.8 Å². The number of unbranched alkanes of at least 4 members (excludes halogenated alkanes) is 2. The first-order valence-electron chi connectivity index (χ1n) is 8.15. The lowest BCUT2D eigenvalue weighted by Crippen LogP contribution is -2.23. The molecule has 0 saturated carbocycles. The van der Waals surface area contributed by atoms with Crippen molar-refractivity contribution in [2.75, 3.05) is 19.0 Å². The number of nitrogens with one attached hydrogen (secondary N) is 1. The van der Waals surface area contributed by atoms with E-state index in [0.29, 0.717) is 12.3 Å². The summed E-state index contributed by atoms with van der Waals surface area (Å²) >= 11 is 3.95. The molecule has 0 aliphatic heterocycles. The molecule has 0 aromatic heterocycles. The van der Waals surface area contributed by atoms with Crippen LogP contribution in [-0.4, -0.2) is 24.0 Å². The Balaban J connectivity index is 1.66. The number of anilines is 1. The Bertz CT molecular complexity index is 632. The second kappa shape index (κ2) is 9.88. The van der Waals surface area contributed by atoms with Crippen molar-refractivity contribution in [2.24, 2.45) is 0 Å². The summed E-state index contributed by atoms with van der Waals surface area (Å²) in [6.07, 6.45) is 4.43. The van der Waals surface area contributed by atoms with Gasteiger partial charge in [-0.05, 0) is 43.4 Å². The van der Waals surface area contributed by atoms with Gasteiger partial charge in [0.2, 0.25) is 0 Å². The maximum absolute atomic E-state index is 11.6. The Morgan fingerprint density at radius 3 is 2.62 bits per heavy atom. The molecule has 2 rings (SSSR count). The normalized spacial score (nSPS) is 10.2. The number of hydrogen-bond acceptors (Lipinski definition) is 3. The first kappa shape index (κ1) is 18.2. The van der Waals surface area contributed by atoms with Gasteiger partial charge in [-0.25, -0.2) is 4.79 Å². The Hall–Kier alpha value is -2.14. The zero-order valence-corrected chi connectivity index (χ0v) is 14.8. The van der Waals surface area contributed by atoms with Crippen molar-refractivity contribution in [1.29, 1.82) is 0 Å². The minimum atomic E-state index is -0.281. The number of rotatable bonds is 8. The lowest BCUT2D eigenvalue weighted by molar-refractivity contribution is 0.243. The third-order valence-corrected chi connectivity index (χ3v) is 3.78. The predicted octanol–water partition coefficient (Wildman–Crippen LogP) is 4.79. The summed E-state index contributed by atoms with van der Waals surface area (Å²) in [6, 6.07) is 17.6. The van der Waals surface area contributed by atoms with Gasteiger partial charge in [-0.15, -0.1) is 0 Å². The maximum atomic E-state index is 11.6. The lowest BCUT2D eigenvalue weighted by atomic mass is 10.1. The van der Waals surface area contributed by atoms with Crippen molar-refractivity contribution in [3.8, 4) is 5.75 Å². The molecule has 0 atom stereocenters. The van der Waals surface area contributed by atoms with Gasteiger partial charge in [-0.3, -0.25) is 4.31 Å². The van der Waals surface area contributed by atoms with Gasteiger partial charge in [0.15, 0.2) is 0 Å². The van der Waals surface area contributed by atoms with Gasteiger partial charge in [0.1, 0.15) is 5.75 Å². The van der Waals surface area contributed by atoms with Crippen molar-refractivity contribution < 1.29 is 9.53 Å². The maximum Gasteiger partial charge on any atom is 0.331 e.